The Balaban J connectivity index is 2.14. The van der Waals surface area contributed by atoms with Gasteiger partial charge in [-0.2, -0.15) is 0 Å². The zero-order valence-corrected chi connectivity index (χ0v) is 9.96. The van der Waals surface area contributed by atoms with E-state index in [2.05, 4.69) is 5.32 Å². The monoisotopic (exact) mass is 276 g/mol. The molecule has 0 spiro atoms. The first kappa shape index (κ1) is 13.3. The van der Waals surface area contributed by atoms with Gasteiger partial charge >= 0.3 is 0 Å². The number of aliphatic hydroxyl groups is 3. The molecule has 2 heterocycles. The highest BCUT2D eigenvalue weighted by Crippen LogP contribution is 2.24. The molecular formula is C9H12N2O6S. The number of ether oxygens (including phenoxy) is 1. The third-order valence-electron chi connectivity index (χ3n) is 2.87. The van der Waals surface area contributed by atoms with Crippen molar-refractivity contribution in [2.75, 3.05) is 13.2 Å². The van der Waals surface area contributed by atoms with Gasteiger partial charge in [-0.05, 0) is 12.2 Å². The maximum atomic E-state index is 11.3. The number of nitrogens with zero attached hydrogens (tertiary/aromatic N) is 1. The lowest BCUT2D eigenvalue weighted by molar-refractivity contribution is -0.142. The fourth-order valence-corrected chi connectivity index (χ4v) is 2.14. The third kappa shape index (κ3) is 2.10. The van der Waals surface area contributed by atoms with E-state index in [1.165, 1.54) is 4.90 Å². The molecule has 4 atom stereocenters. The Labute approximate surface area is 107 Å². The molecular weight excluding hydrogens is 264 g/mol. The predicted molar refractivity (Wildman–Crippen MR) is 60.2 cm³/mol. The smallest absolute Gasteiger partial charge is 0.295 e. The van der Waals surface area contributed by atoms with E-state index in [0.717, 1.165) is 0 Å². The highest BCUT2D eigenvalue weighted by molar-refractivity contribution is 7.80. The molecule has 18 heavy (non-hydrogen) atoms. The van der Waals surface area contributed by atoms with Gasteiger partial charge in [-0.15, -0.1) is 0 Å². The summed E-state index contributed by atoms with van der Waals surface area (Å²) in [7, 11) is 0. The number of carbonyl (C=O) groups is 2. The van der Waals surface area contributed by atoms with Crippen molar-refractivity contribution in [3.63, 3.8) is 0 Å². The van der Waals surface area contributed by atoms with E-state index in [0.29, 0.717) is 0 Å². The predicted octanol–water partition coefficient (Wildman–Crippen LogP) is -3.29. The van der Waals surface area contributed by atoms with Crippen molar-refractivity contribution < 1.29 is 29.6 Å². The number of rotatable bonds is 2. The van der Waals surface area contributed by atoms with Crippen molar-refractivity contribution in [3.05, 3.63) is 0 Å². The molecule has 4 N–H and O–H groups in total. The molecule has 0 aliphatic carbocycles. The lowest BCUT2D eigenvalue weighted by atomic mass is 10.1. The second-order valence-electron chi connectivity index (χ2n) is 4.04. The molecule has 0 saturated carbocycles. The summed E-state index contributed by atoms with van der Waals surface area (Å²) in [5.41, 5.74) is 0. The number of carbonyl (C=O) groups excluding carboxylic acids is 2. The average molecular weight is 276 g/mol. The lowest BCUT2D eigenvalue weighted by Gasteiger charge is -2.34. The summed E-state index contributed by atoms with van der Waals surface area (Å²) in [5, 5.41) is 30.4. The zero-order valence-electron chi connectivity index (χ0n) is 9.15. The summed E-state index contributed by atoms with van der Waals surface area (Å²) < 4.78 is 5.21. The van der Waals surface area contributed by atoms with Crippen LogP contribution >= 0.6 is 12.2 Å². The van der Waals surface area contributed by atoms with Gasteiger partial charge in [0.25, 0.3) is 5.91 Å². The van der Waals surface area contributed by atoms with E-state index in [1.807, 2.05) is 0 Å². The molecule has 2 saturated heterocycles. The maximum Gasteiger partial charge on any atom is 0.295 e. The van der Waals surface area contributed by atoms with Gasteiger partial charge in [0.15, 0.2) is 11.3 Å². The van der Waals surface area contributed by atoms with Gasteiger partial charge in [0.05, 0.1) is 13.2 Å². The number of Topliss-reactive ketones (excluding diaryl/α,β-unsaturated/α-hetero) is 1. The Kier molecular flexibility index (Phi) is 3.59. The van der Waals surface area contributed by atoms with Crippen LogP contribution < -0.4 is 5.32 Å². The Morgan fingerprint density at radius 2 is 2.06 bits per heavy atom. The molecule has 0 bridgehead atoms. The SMILES string of the molecule is O=C1CN([C@@H]2O[C@H](CO)[C@@H](O)[C@H]2O)C(=S)NC1=O. The molecule has 8 nitrogen and oxygen atoms in total. The Bertz CT molecular complexity index is 403. The summed E-state index contributed by atoms with van der Waals surface area (Å²) in [6, 6.07) is 0. The minimum Gasteiger partial charge on any atom is -0.394 e. The highest BCUT2D eigenvalue weighted by atomic mass is 32.1. The van der Waals surface area contributed by atoms with Crippen molar-refractivity contribution >= 4 is 29.0 Å². The summed E-state index contributed by atoms with van der Waals surface area (Å²) >= 11 is 4.87. The molecule has 0 aromatic heterocycles. The fourth-order valence-electron chi connectivity index (χ4n) is 1.88. The van der Waals surface area contributed by atoms with E-state index in [-0.39, 0.29) is 11.7 Å². The molecule has 2 aliphatic rings. The van der Waals surface area contributed by atoms with E-state index >= 15 is 0 Å². The van der Waals surface area contributed by atoms with Gasteiger partial charge in [0, 0.05) is 0 Å². The molecule has 0 radical (unpaired) electrons. The van der Waals surface area contributed by atoms with Crippen LogP contribution in [0.15, 0.2) is 0 Å². The van der Waals surface area contributed by atoms with Crippen molar-refractivity contribution in [2.45, 2.75) is 24.5 Å². The summed E-state index contributed by atoms with van der Waals surface area (Å²) in [6.45, 7) is -0.813. The van der Waals surface area contributed by atoms with Crippen LogP contribution in [-0.4, -0.2) is 74.7 Å². The number of aliphatic hydroxyl groups excluding tert-OH is 3. The second-order valence-corrected chi connectivity index (χ2v) is 4.43. The largest absolute Gasteiger partial charge is 0.394 e. The zero-order chi connectivity index (χ0) is 13.4. The van der Waals surface area contributed by atoms with Gasteiger partial charge in [-0.1, -0.05) is 0 Å². The van der Waals surface area contributed by atoms with Gasteiger partial charge < -0.3 is 25.0 Å². The highest BCUT2D eigenvalue weighted by Gasteiger charge is 2.47. The number of ketones is 1. The second kappa shape index (κ2) is 4.86. The van der Waals surface area contributed by atoms with Gasteiger partial charge in [-0.25, -0.2) is 0 Å². The Morgan fingerprint density at radius 1 is 1.39 bits per heavy atom. The molecule has 0 unspecified atom stereocenters. The van der Waals surface area contributed by atoms with Crippen LogP contribution in [0.1, 0.15) is 0 Å². The third-order valence-corrected chi connectivity index (χ3v) is 3.21. The van der Waals surface area contributed by atoms with Crippen LogP contribution in [0.5, 0.6) is 0 Å². The first-order chi connectivity index (χ1) is 8.45. The fraction of sp³-hybridized carbons (Fsp3) is 0.667. The molecule has 0 aromatic rings. The molecule has 2 fully saturated rings. The molecule has 1 amide bonds. The van der Waals surface area contributed by atoms with Crippen molar-refractivity contribution in [1.82, 2.24) is 10.2 Å². The quantitative estimate of drug-likeness (QED) is 0.306. The minimum atomic E-state index is -1.33. The molecule has 100 valence electrons. The summed E-state index contributed by atoms with van der Waals surface area (Å²) in [6.07, 6.45) is -4.65. The molecule has 0 aromatic carbocycles. The van der Waals surface area contributed by atoms with E-state index in [4.69, 9.17) is 22.1 Å². The average Bonchev–Trinajstić information content (AvgIpc) is 2.61. The van der Waals surface area contributed by atoms with Gasteiger partial charge in [0.2, 0.25) is 5.78 Å². The molecule has 9 heteroatoms. The van der Waals surface area contributed by atoms with Crippen LogP contribution in [0.3, 0.4) is 0 Å². The van der Waals surface area contributed by atoms with E-state index in [1.54, 1.807) is 0 Å². The van der Waals surface area contributed by atoms with Crippen molar-refractivity contribution in [3.8, 4) is 0 Å². The van der Waals surface area contributed by atoms with Crippen LogP contribution in [0.25, 0.3) is 0 Å². The Hall–Kier alpha value is -1.13. The Morgan fingerprint density at radius 3 is 2.61 bits per heavy atom. The number of nitrogens with one attached hydrogen (secondary N) is 1. The van der Waals surface area contributed by atoms with Crippen molar-refractivity contribution in [2.24, 2.45) is 0 Å². The van der Waals surface area contributed by atoms with Crippen LogP contribution in [0.2, 0.25) is 0 Å². The maximum absolute atomic E-state index is 11.3. The standard InChI is InChI=1S/C9H12N2O6S/c12-2-4-5(14)6(15)8(17-4)11-1-3(13)7(16)10-9(11)18/h4-6,8,12,14-15H,1-2H2,(H,10,16,18)/t4-,5-,6-,8-/m1/s1. The first-order valence-corrected chi connectivity index (χ1v) is 5.63. The number of thiocarbonyl (C=S) groups is 1. The van der Waals surface area contributed by atoms with Crippen LogP contribution in [-0.2, 0) is 14.3 Å². The van der Waals surface area contributed by atoms with Gasteiger partial charge in [-0.3, -0.25) is 14.9 Å². The van der Waals surface area contributed by atoms with Crippen LogP contribution in [0.4, 0.5) is 0 Å². The number of hydrogen-bond acceptors (Lipinski definition) is 7. The number of amides is 1. The van der Waals surface area contributed by atoms with Gasteiger partial charge in [0.1, 0.15) is 18.3 Å². The van der Waals surface area contributed by atoms with Crippen molar-refractivity contribution in [1.29, 1.82) is 0 Å². The minimum absolute atomic E-state index is 0.0607. The van der Waals surface area contributed by atoms with E-state index in [9.17, 15) is 19.8 Å². The van der Waals surface area contributed by atoms with Crippen LogP contribution in [0, 0.1) is 0 Å². The summed E-state index contributed by atoms with van der Waals surface area (Å²) in [5.74, 6) is -1.54. The topological polar surface area (TPSA) is 119 Å². The molecule has 2 rings (SSSR count). The molecule has 2 aliphatic heterocycles. The van der Waals surface area contributed by atoms with E-state index < -0.39 is 42.8 Å². The normalized spacial score (nSPS) is 37.1. The summed E-state index contributed by atoms with van der Waals surface area (Å²) in [4.78, 5) is 23.5. The lowest BCUT2D eigenvalue weighted by Crippen LogP contribution is -2.60. The first-order valence-electron chi connectivity index (χ1n) is 5.23. The number of hydrogen-bond donors (Lipinski definition) is 4.